The van der Waals surface area contributed by atoms with E-state index in [1.807, 2.05) is 18.2 Å². The Labute approximate surface area is 181 Å². The van der Waals surface area contributed by atoms with E-state index in [-0.39, 0.29) is 12.5 Å². The molecule has 1 aliphatic rings. The lowest BCUT2D eigenvalue weighted by Gasteiger charge is -2.13. The van der Waals surface area contributed by atoms with Crippen molar-refractivity contribution in [3.05, 3.63) is 71.3 Å². The third-order valence-corrected chi connectivity index (χ3v) is 5.97. The third kappa shape index (κ3) is 6.23. The number of carbonyl (C=O) groups is 2. The van der Waals surface area contributed by atoms with Crippen molar-refractivity contribution >= 4 is 23.6 Å². The van der Waals surface area contributed by atoms with Crippen molar-refractivity contribution in [2.45, 2.75) is 41.9 Å². The van der Waals surface area contributed by atoms with Crippen LogP contribution in [0.1, 0.15) is 48.0 Å². The van der Waals surface area contributed by atoms with Gasteiger partial charge in [-0.15, -0.1) is 0 Å². The van der Waals surface area contributed by atoms with Crippen LogP contribution < -0.4 is 5.32 Å². The number of carbonyl (C=O) groups excluding carboxylic acids is 2. The lowest BCUT2D eigenvalue weighted by atomic mass is 9.97. The smallest absolute Gasteiger partial charge is 0.339 e. The van der Waals surface area contributed by atoms with E-state index in [9.17, 15) is 14.9 Å². The summed E-state index contributed by atoms with van der Waals surface area (Å²) < 4.78 is 5.22. The summed E-state index contributed by atoms with van der Waals surface area (Å²) in [5.41, 5.74) is 2.30. The topological polar surface area (TPSA) is 79.2 Å². The molecule has 0 aliphatic heterocycles. The van der Waals surface area contributed by atoms with Gasteiger partial charge in [0.2, 0.25) is 0 Å². The number of hydrogen-bond acceptors (Lipinski definition) is 5. The highest BCUT2D eigenvalue weighted by Gasteiger charge is 2.16. The lowest BCUT2D eigenvalue weighted by molar-refractivity contribution is -0.124. The second-order valence-electron chi connectivity index (χ2n) is 6.99. The molecule has 0 fully saturated rings. The Bertz CT molecular complexity index is 978. The average Bonchev–Trinajstić information content (AvgIpc) is 2.79. The van der Waals surface area contributed by atoms with E-state index in [1.54, 1.807) is 30.3 Å². The first-order chi connectivity index (χ1) is 14.7. The Balaban J connectivity index is 1.53. The third-order valence-electron chi connectivity index (χ3n) is 4.82. The molecule has 30 heavy (non-hydrogen) atoms. The summed E-state index contributed by atoms with van der Waals surface area (Å²) in [6, 6.07) is 16.4. The van der Waals surface area contributed by atoms with Crippen molar-refractivity contribution in [2.24, 2.45) is 0 Å². The first kappa shape index (κ1) is 21.7. The van der Waals surface area contributed by atoms with Crippen LogP contribution in [0, 0.1) is 11.3 Å². The molecule has 5 nitrogen and oxygen atoms in total. The second kappa shape index (κ2) is 11.2. The largest absolute Gasteiger partial charge is 0.452 e. The number of amides is 1. The van der Waals surface area contributed by atoms with Gasteiger partial charge in [-0.3, -0.25) is 4.79 Å². The maximum Gasteiger partial charge on any atom is 0.339 e. The highest BCUT2D eigenvalue weighted by molar-refractivity contribution is 7.99. The fraction of sp³-hybridized carbons (Fsp3) is 0.292. The van der Waals surface area contributed by atoms with Crippen molar-refractivity contribution in [2.75, 3.05) is 13.2 Å². The molecular formula is C24H24N2O3S. The molecule has 3 rings (SSSR count). The quantitative estimate of drug-likeness (QED) is 0.487. The van der Waals surface area contributed by atoms with Crippen LogP contribution in [0.25, 0.3) is 0 Å². The van der Waals surface area contributed by atoms with Crippen LogP contribution in [-0.2, 0) is 9.53 Å². The predicted molar refractivity (Wildman–Crippen MR) is 116 cm³/mol. The molecule has 0 spiro atoms. The van der Waals surface area contributed by atoms with Gasteiger partial charge < -0.3 is 10.1 Å². The van der Waals surface area contributed by atoms with Gasteiger partial charge in [-0.25, -0.2) is 4.79 Å². The van der Waals surface area contributed by atoms with Crippen LogP contribution >= 0.6 is 11.8 Å². The van der Waals surface area contributed by atoms with E-state index in [0.717, 1.165) is 24.2 Å². The standard InChI is InChI=1S/C24H24N2O3S/c25-16-19-10-4-6-12-21(19)30-22-13-7-5-11-20(22)24(28)29-17-23(27)26-15-14-18-8-2-1-3-9-18/h4-8,10-13H,1-3,9,14-15,17H2,(H,26,27). The number of nitrogens with one attached hydrogen (secondary N) is 1. The number of hydrogen-bond donors (Lipinski definition) is 1. The molecule has 0 saturated carbocycles. The molecule has 0 unspecified atom stereocenters. The van der Waals surface area contributed by atoms with Gasteiger partial charge >= 0.3 is 5.97 Å². The molecule has 0 aromatic heterocycles. The predicted octanol–water partition coefficient (Wildman–Crippen LogP) is 4.87. The van der Waals surface area contributed by atoms with Crippen molar-refractivity contribution in [1.82, 2.24) is 5.32 Å². The summed E-state index contributed by atoms with van der Waals surface area (Å²) in [5.74, 6) is -0.864. The minimum Gasteiger partial charge on any atom is -0.452 e. The van der Waals surface area contributed by atoms with Crippen LogP contribution in [0.4, 0.5) is 0 Å². The number of rotatable bonds is 8. The summed E-state index contributed by atoms with van der Waals surface area (Å²) >= 11 is 1.33. The fourth-order valence-corrected chi connectivity index (χ4v) is 4.26. The summed E-state index contributed by atoms with van der Waals surface area (Å²) in [7, 11) is 0. The number of esters is 1. The summed E-state index contributed by atoms with van der Waals surface area (Å²) in [6.07, 6.45) is 7.79. The fourth-order valence-electron chi connectivity index (χ4n) is 3.24. The average molecular weight is 421 g/mol. The SMILES string of the molecule is N#Cc1ccccc1Sc1ccccc1C(=O)OCC(=O)NCCC1=CCCCC1. The second-order valence-corrected chi connectivity index (χ2v) is 8.07. The first-order valence-corrected chi connectivity index (χ1v) is 10.9. The van der Waals surface area contributed by atoms with E-state index >= 15 is 0 Å². The Morgan fingerprint density at radius 1 is 1.07 bits per heavy atom. The Morgan fingerprint density at radius 2 is 1.83 bits per heavy atom. The van der Waals surface area contributed by atoms with Gasteiger partial charge in [0.25, 0.3) is 5.91 Å². The molecular weight excluding hydrogens is 396 g/mol. The van der Waals surface area contributed by atoms with Gasteiger partial charge in [0.05, 0.1) is 11.1 Å². The summed E-state index contributed by atoms with van der Waals surface area (Å²) in [6.45, 7) is 0.241. The van der Waals surface area contributed by atoms with Crippen LogP contribution in [0.15, 0.2) is 70.0 Å². The van der Waals surface area contributed by atoms with Gasteiger partial charge in [0.1, 0.15) is 6.07 Å². The van der Waals surface area contributed by atoms with Crippen molar-refractivity contribution < 1.29 is 14.3 Å². The summed E-state index contributed by atoms with van der Waals surface area (Å²) in [4.78, 5) is 26.0. The molecule has 0 atom stereocenters. The maximum atomic E-state index is 12.5. The van der Waals surface area contributed by atoms with Crippen LogP contribution in [0.2, 0.25) is 0 Å². The van der Waals surface area contributed by atoms with Gasteiger partial charge in [-0.1, -0.05) is 47.7 Å². The zero-order valence-electron chi connectivity index (χ0n) is 16.7. The van der Waals surface area contributed by atoms with Crippen molar-refractivity contribution in [3.63, 3.8) is 0 Å². The molecule has 154 valence electrons. The highest BCUT2D eigenvalue weighted by Crippen LogP contribution is 2.32. The molecule has 0 heterocycles. The van der Waals surface area contributed by atoms with Gasteiger partial charge in [0.15, 0.2) is 6.61 Å². The zero-order valence-corrected chi connectivity index (χ0v) is 17.5. The minimum absolute atomic E-state index is 0.306. The Hall–Kier alpha value is -3.04. The molecule has 2 aromatic carbocycles. The molecule has 1 N–H and O–H groups in total. The van der Waals surface area contributed by atoms with Crippen molar-refractivity contribution in [3.8, 4) is 6.07 Å². The van der Waals surface area contributed by atoms with E-state index in [0.29, 0.717) is 22.6 Å². The number of allylic oxidation sites excluding steroid dienone is 1. The highest BCUT2D eigenvalue weighted by atomic mass is 32.2. The maximum absolute atomic E-state index is 12.5. The van der Waals surface area contributed by atoms with Crippen LogP contribution in [-0.4, -0.2) is 25.0 Å². The summed E-state index contributed by atoms with van der Waals surface area (Å²) in [5, 5.41) is 12.1. The Morgan fingerprint density at radius 3 is 2.60 bits per heavy atom. The van der Waals surface area contributed by atoms with E-state index in [4.69, 9.17) is 4.74 Å². The van der Waals surface area contributed by atoms with E-state index in [2.05, 4.69) is 17.5 Å². The molecule has 0 bridgehead atoms. The number of ether oxygens (including phenoxy) is 1. The molecule has 0 radical (unpaired) electrons. The normalized spacial score (nSPS) is 13.1. The van der Waals surface area contributed by atoms with Gasteiger partial charge in [-0.2, -0.15) is 5.26 Å². The number of nitriles is 1. The van der Waals surface area contributed by atoms with E-state index < -0.39 is 5.97 Å². The molecule has 6 heteroatoms. The van der Waals surface area contributed by atoms with Crippen molar-refractivity contribution in [1.29, 1.82) is 5.26 Å². The first-order valence-electron chi connectivity index (χ1n) is 10.0. The number of benzene rings is 2. The lowest BCUT2D eigenvalue weighted by Crippen LogP contribution is -2.30. The molecule has 2 aromatic rings. The monoisotopic (exact) mass is 420 g/mol. The van der Waals surface area contributed by atoms with Crippen LogP contribution in [0.5, 0.6) is 0 Å². The molecule has 1 aliphatic carbocycles. The van der Waals surface area contributed by atoms with Gasteiger partial charge in [-0.05, 0) is 56.4 Å². The van der Waals surface area contributed by atoms with E-state index in [1.165, 1.54) is 30.2 Å². The minimum atomic E-state index is -0.558. The Kier molecular flexibility index (Phi) is 8.10. The molecule has 1 amide bonds. The van der Waals surface area contributed by atoms with Crippen LogP contribution in [0.3, 0.4) is 0 Å². The van der Waals surface area contributed by atoms with Gasteiger partial charge in [0, 0.05) is 16.3 Å². The molecule has 0 saturated heterocycles. The number of nitrogens with zero attached hydrogens (tertiary/aromatic N) is 1. The zero-order chi connectivity index (χ0) is 21.2.